The van der Waals surface area contributed by atoms with E-state index in [-0.39, 0.29) is 30.1 Å². The third kappa shape index (κ3) is 2.60. The van der Waals surface area contributed by atoms with Gasteiger partial charge in [0.25, 0.3) is 11.1 Å². The molecule has 1 aliphatic rings. The largest absolute Gasteiger partial charge is 0.329 e. The molecule has 6 heteroatoms. The summed E-state index contributed by atoms with van der Waals surface area (Å²) < 4.78 is 12.7. The van der Waals surface area contributed by atoms with E-state index in [0.717, 1.165) is 16.7 Å². The Morgan fingerprint density at radius 2 is 1.94 bits per heavy atom. The Morgan fingerprint density at radius 3 is 2.56 bits per heavy atom. The molecule has 0 aliphatic carbocycles. The number of imide groups is 1. The van der Waals surface area contributed by atoms with Gasteiger partial charge in [-0.25, -0.2) is 4.39 Å². The van der Waals surface area contributed by atoms with Crippen LogP contribution in [0.25, 0.3) is 6.08 Å². The van der Waals surface area contributed by atoms with Crippen LogP contribution in [-0.2, 0) is 4.79 Å². The van der Waals surface area contributed by atoms with Crippen LogP contribution in [0, 0.1) is 5.82 Å². The summed E-state index contributed by atoms with van der Waals surface area (Å²) in [6.07, 6.45) is 1.57. The van der Waals surface area contributed by atoms with Crippen LogP contribution in [0.15, 0.2) is 29.2 Å². The number of carbonyl (C=O) groups is 2. The number of benzene rings is 1. The Bertz CT molecular complexity index is 513. The van der Waals surface area contributed by atoms with Crippen molar-refractivity contribution in [3.05, 3.63) is 40.6 Å². The van der Waals surface area contributed by atoms with Gasteiger partial charge in [0.2, 0.25) is 0 Å². The predicted molar refractivity (Wildman–Crippen MR) is 68.1 cm³/mol. The standard InChI is InChI=1S/C12H11FN2O2S/c13-9-3-1-8(2-4-9)7-10-11(16)15(6-5-14)12(17)18-10/h1-4,7H,5-6,14H2/b10-7+. The molecule has 1 aromatic rings. The molecule has 0 radical (unpaired) electrons. The zero-order valence-corrected chi connectivity index (χ0v) is 10.2. The molecule has 2 N–H and O–H groups in total. The van der Waals surface area contributed by atoms with Crippen LogP contribution in [0.1, 0.15) is 5.56 Å². The van der Waals surface area contributed by atoms with E-state index in [1.54, 1.807) is 18.2 Å². The quantitative estimate of drug-likeness (QED) is 0.848. The summed E-state index contributed by atoms with van der Waals surface area (Å²) >= 11 is 0.870. The van der Waals surface area contributed by atoms with Crippen molar-refractivity contribution in [3.8, 4) is 0 Å². The van der Waals surface area contributed by atoms with Crippen molar-refractivity contribution in [2.45, 2.75) is 0 Å². The number of hydrogen-bond acceptors (Lipinski definition) is 4. The van der Waals surface area contributed by atoms with Crippen LogP contribution in [0.4, 0.5) is 9.18 Å². The molecule has 0 bridgehead atoms. The van der Waals surface area contributed by atoms with Gasteiger partial charge in [-0.3, -0.25) is 14.5 Å². The van der Waals surface area contributed by atoms with Gasteiger partial charge in [-0.05, 0) is 35.5 Å². The van der Waals surface area contributed by atoms with Crippen molar-refractivity contribution in [2.75, 3.05) is 13.1 Å². The minimum Gasteiger partial charge on any atom is -0.329 e. The second kappa shape index (κ2) is 5.32. The number of nitrogens with two attached hydrogens (primary N) is 1. The van der Waals surface area contributed by atoms with Crippen LogP contribution in [0.3, 0.4) is 0 Å². The van der Waals surface area contributed by atoms with Crippen molar-refractivity contribution in [3.63, 3.8) is 0 Å². The highest BCUT2D eigenvalue weighted by atomic mass is 32.2. The second-order valence-corrected chi connectivity index (χ2v) is 4.67. The molecule has 0 aromatic heterocycles. The van der Waals surface area contributed by atoms with E-state index in [0.29, 0.717) is 10.5 Å². The fourth-order valence-electron chi connectivity index (χ4n) is 1.53. The molecule has 1 aromatic carbocycles. The Kier molecular flexibility index (Phi) is 3.78. The third-order valence-electron chi connectivity index (χ3n) is 2.39. The lowest BCUT2D eigenvalue weighted by Crippen LogP contribution is -2.33. The zero-order valence-electron chi connectivity index (χ0n) is 9.43. The van der Waals surface area contributed by atoms with Crippen molar-refractivity contribution in [2.24, 2.45) is 5.73 Å². The molecule has 94 valence electrons. The Hall–Kier alpha value is -1.66. The lowest BCUT2D eigenvalue weighted by molar-refractivity contribution is -0.122. The van der Waals surface area contributed by atoms with E-state index in [1.165, 1.54) is 12.1 Å². The highest BCUT2D eigenvalue weighted by molar-refractivity contribution is 8.18. The van der Waals surface area contributed by atoms with E-state index in [2.05, 4.69) is 0 Å². The minimum absolute atomic E-state index is 0.214. The molecular formula is C12H11FN2O2S. The van der Waals surface area contributed by atoms with E-state index >= 15 is 0 Å². The Balaban J connectivity index is 2.22. The van der Waals surface area contributed by atoms with Gasteiger partial charge in [0.05, 0.1) is 4.91 Å². The van der Waals surface area contributed by atoms with Gasteiger partial charge in [-0.2, -0.15) is 0 Å². The zero-order chi connectivity index (χ0) is 13.1. The summed E-state index contributed by atoms with van der Waals surface area (Å²) in [6, 6.07) is 5.70. The lowest BCUT2D eigenvalue weighted by Gasteiger charge is -2.09. The molecule has 18 heavy (non-hydrogen) atoms. The van der Waals surface area contributed by atoms with E-state index < -0.39 is 0 Å². The Labute approximate surface area is 108 Å². The summed E-state index contributed by atoms with van der Waals surface area (Å²) in [5.41, 5.74) is 6.01. The molecule has 2 rings (SSSR count). The van der Waals surface area contributed by atoms with E-state index in [4.69, 9.17) is 5.73 Å². The molecule has 0 atom stereocenters. The Morgan fingerprint density at radius 1 is 1.28 bits per heavy atom. The number of carbonyl (C=O) groups excluding carboxylic acids is 2. The molecule has 0 spiro atoms. The van der Waals surface area contributed by atoms with Crippen LogP contribution < -0.4 is 5.73 Å². The minimum atomic E-state index is -0.347. The van der Waals surface area contributed by atoms with Gasteiger partial charge in [0.15, 0.2) is 0 Å². The van der Waals surface area contributed by atoms with Gasteiger partial charge in [-0.1, -0.05) is 12.1 Å². The average Bonchev–Trinajstić information content (AvgIpc) is 2.60. The van der Waals surface area contributed by atoms with E-state index in [1.807, 2.05) is 0 Å². The summed E-state index contributed by atoms with van der Waals surface area (Å²) in [4.78, 5) is 24.8. The molecule has 1 aliphatic heterocycles. The first kappa shape index (κ1) is 12.8. The topological polar surface area (TPSA) is 63.4 Å². The molecule has 0 saturated carbocycles. The fourth-order valence-corrected chi connectivity index (χ4v) is 2.40. The van der Waals surface area contributed by atoms with Crippen molar-refractivity contribution >= 4 is 29.0 Å². The summed E-state index contributed by atoms with van der Waals surface area (Å²) in [7, 11) is 0. The molecule has 2 amide bonds. The van der Waals surface area contributed by atoms with Crippen LogP contribution >= 0.6 is 11.8 Å². The van der Waals surface area contributed by atoms with Gasteiger partial charge in [-0.15, -0.1) is 0 Å². The SMILES string of the molecule is NCCN1C(=O)S/C(=C/c2ccc(F)cc2)C1=O. The first-order valence-corrected chi connectivity index (χ1v) is 6.14. The van der Waals surface area contributed by atoms with E-state index in [9.17, 15) is 14.0 Å². The van der Waals surface area contributed by atoms with Crippen molar-refractivity contribution in [1.29, 1.82) is 0 Å². The summed E-state index contributed by atoms with van der Waals surface area (Å²) in [6.45, 7) is 0.452. The van der Waals surface area contributed by atoms with Gasteiger partial charge < -0.3 is 5.73 Å². The number of rotatable bonds is 3. The first-order valence-electron chi connectivity index (χ1n) is 5.33. The van der Waals surface area contributed by atoms with Gasteiger partial charge in [0.1, 0.15) is 5.82 Å². The molecule has 1 heterocycles. The second-order valence-electron chi connectivity index (χ2n) is 3.67. The summed E-state index contributed by atoms with van der Waals surface area (Å²) in [5.74, 6) is -0.692. The van der Waals surface area contributed by atoms with Crippen LogP contribution in [0.2, 0.25) is 0 Å². The van der Waals surface area contributed by atoms with Crippen molar-refractivity contribution < 1.29 is 14.0 Å². The molecule has 4 nitrogen and oxygen atoms in total. The third-order valence-corrected chi connectivity index (χ3v) is 3.30. The maximum absolute atomic E-state index is 12.7. The molecular weight excluding hydrogens is 255 g/mol. The highest BCUT2D eigenvalue weighted by Gasteiger charge is 2.34. The number of amides is 2. The highest BCUT2D eigenvalue weighted by Crippen LogP contribution is 2.31. The number of hydrogen-bond donors (Lipinski definition) is 1. The molecule has 0 unspecified atom stereocenters. The lowest BCUT2D eigenvalue weighted by atomic mass is 10.2. The number of halogens is 1. The monoisotopic (exact) mass is 266 g/mol. The maximum atomic E-state index is 12.7. The normalized spacial score (nSPS) is 17.9. The maximum Gasteiger partial charge on any atom is 0.293 e. The van der Waals surface area contributed by atoms with Crippen LogP contribution in [-0.4, -0.2) is 29.1 Å². The number of thioether (sulfide) groups is 1. The predicted octanol–water partition coefficient (Wildman–Crippen LogP) is 1.82. The molecule has 1 saturated heterocycles. The van der Waals surface area contributed by atoms with Gasteiger partial charge >= 0.3 is 0 Å². The smallest absolute Gasteiger partial charge is 0.293 e. The van der Waals surface area contributed by atoms with Crippen LogP contribution in [0.5, 0.6) is 0 Å². The van der Waals surface area contributed by atoms with Crippen molar-refractivity contribution in [1.82, 2.24) is 4.90 Å². The number of nitrogens with zero attached hydrogens (tertiary/aromatic N) is 1. The fraction of sp³-hybridized carbons (Fsp3) is 0.167. The average molecular weight is 266 g/mol. The summed E-state index contributed by atoms with van der Waals surface area (Å²) in [5, 5.41) is -0.321. The first-order chi connectivity index (χ1) is 8.61. The molecule has 1 fully saturated rings. The van der Waals surface area contributed by atoms with Gasteiger partial charge in [0, 0.05) is 13.1 Å².